The van der Waals surface area contributed by atoms with Gasteiger partial charge in [0, 0.05) is 24.7 Å². The van der Waals surface area contributed by atoms with E-state index in [0.29, 0.717) is 5.12 Å². The molecule has 0 saturated heterocycles. The highest BCUT2D eigenvalue weighted by atomic mass is 32.2. The lowest BCUT2D eigenvalue weighted by Crippen LogP contribution is -2.04. The predicted molar refractivity (Wildman–Crippen MR) is 37.2 cm³/mol. The van der Waals surface area contributed by atoms with Crippen molar-refractivity contribution in [2.45, 2.75) is 6.92 Å². The number of rotatable bonds is 0. The van der Waals surface area contributed by atoms with Crippen molar-refractivity contribution in [3.8, 4) is 0 Å². The lowest BCUT2D eigenvalue weighted by atomic mass is 10.8. The van der Waals surface area contributed by atoms with Crippen LogP contribution in [0.3, 0.4) is 0 Å². The molecule has 1 rings (SSSR count). The van der Waals surface area contributed by atoms with Crippen molar-refractivity contribution in [1.82, 2.24) is 5.32 Å². The standard InChI is InChI=1S/C5H9NOS/c1-5(7)8-3-2-6-4-8/h4,6H,2-3H2,1H3. The molecule has 0 radical (unpaired) electrons. The van der Waals surface area contributed by atoms with E-state index in [-0.39, 0.29) is 10.5 Å². The largest absolute Gasteiger partial charge is 0.289 e. The van der Waals surface area contributed by atoms with Crippen molar-refractivity contribution in [2.75, 3.05) is 12.3 Å². The summed E-state index contributed by atoms with van der Waals surface area (Å²) in [4.78, 5) is 10.6. The van der Waals surface area contributed by atoms with E-state index in [2.05, 4.69) is 5.32 Å². The second-order valence-corrected chi connectivity index (χ2v) is 3.77. The highest BCUT2D eigenvalue weighted by molar-refractivity contribution is 8.27. The molecule has 1 atom stereocenters. The third kappa shape index (κ3) is 1.17. The molecule has 0 aromatic rings. The van der Waals surface area contributed by atoms with E-state index < -0.39 is 0 Å². The van der Waals surface area contributed by atoms with Gasteiger partial charge >= 0.3 is 0 Å². The fourth-order valence-corrected chi connectivity index (χ4v) is 1.84. The first-order chi connectivity index (χ1) is 3.80. The first-order valence-electron chi connectivity index (χ1n) is 2.57. The van der Waals surface area contributed by atoms with E-state index in [9.17, 15) is 4.79 Å². The molecule has 8 heavy (non-hydrogen) atoms. The number of hydrogen-bond donors (Lipinski definition) is 1. The Morgan fingerprint density at radius 2 is 2.62 bits per heavy atom. The van der Waals surface area contributed by atoms with Crippen molar-refractivity contribution in [2.24, 2.45) is 0 Å². The molecule has 3 heteroatoms. The summed E-state index contributed by atoms with van der Waals surface area (Å²) in [6.45, 7) is 2.62. The maximum absolute atomic E-state index is 10.6. The molecule has 46 valence electrons. The quantitative estimate of drug-likeness (QED) is 0.475. The van der Waals surface area contributed by atoms with Crippen LogP contribution in [-0.2, 0) is 4.79 Å². The van der Waals surface area contributed by atoms with Crippen LogP contribution in [0.2, 0.25) is 0 Å². The minimum Gasteiger partial charge on any atom is -0.289 e. The van der Waals surface area contributed by atoms with Crippen LogP contribution < -0.4 is 5.32 Å². The second kappa shape index (κ2) is 2.42. The first-order valence-corrected chi connectivity index (χ1v) is 4.03. The Kier molecular flexibility index (Phi) is 1.81. The summed E-state index contributed by atoms with van der Waals surface area (Å²) in [6.07, 6.45) is 0. The highest BCUT2D eigenvalue weighted by Crippen LogP contribution is 2.13. The zero-order chi connectivity index (χ0) is 5.98. The van der Waals surface area contributed by atoms with Crippen molar-refractivity contribution < 1.29 is 4.79 Å². The third-order valence-electron chi connectivity index (χ3n) is 1.06. The average molecular weight is 131 g/mol. The average Bonchev–Trinajstić information content (AvgIpc) is 2.12. The number of nitrogens with one attached hydrogen (secondary N) is 1. The van der Waals surface area contributed by atoms with Gasteiger partial charge in [-0.2, -0.15) is 0 Å². The summed E-state index contributed by atoms with van der Waals surface area (Å²) in [7, 11) is -0.0540. The molecule has 1 unspecified atom stereocenters. The summed E-state index contributed by atoms with van der Waals surface area (Å²) in [5, 5.41) is 3.32. The minimum absolute atomic E-state index is 0.0540. The van der Waals surface area contributed by atoms with Gasteiger partial charge in [-0.1, -0.05) is 0 Å². The number of hydrogen-bond acceptors (Lipinski definition) is 2. The summed E-state index contributed by atoms with van der Waals surface area (Å²) in [5.74, 6) is 1.01. The monoisotopic (exact) mass is 131 g/mol. The Hall–Kier alpha value is -0.150. The lowest BCUT2D eigenvalue weighted by Gasteiger charge is -1.90. The minimum atomic E-state index is -0.0540. The van der Waals surface area contributed by atoms with Crippen molar-refractivity contribution in [3.05, 3.63) is 0 Å². The molecule has 1 N–H and O–H groups in total. The zero-order valence-corrected chi connectivity index (χ0v) is 5.62. The third-order valence-corrected chi connectivity index (χ3v) is 2.89. The Labute approximate surface area is 51.2 Å². The molecular weight excluding hydrogens is 122 g/mol. The van der Waals surface area contributed by atoms with E-state index in [0.717, 1.165) is 12.3 Å². The molecule has 1 heterocycles. The molecule has 1 aliphatic heterocycles. The predicted octanol–water partition coefficient (Wildman–Crippen LogP) is 0.165. The van der Waals surface area contributed by atoms with Gasteiger partial charge in [0.05, 0.1) is 0 Å². The molecule has 0 aromatic heterocycles. The van der Waals surface area contributed by atoms with Crippen molar-refractivity contribution >= 4 is 21.1 Å². The van der Waals surface area contributed by atoms with Crippen molar-refractivity contribution in [1.29, 1.82) is 0 Å². The van der Waals surface area contributed by atoms with Gasteiger partial charge in [0.1, 0.15) is 0 Å². The Morgan fingerprint density at radius 1 is 1.88 bits per heavy atom. The highest BCUT2D eigenvalue weighted by Gasteiger charge is 2.04. The van der Waals surface area contributed by atoms with Crippen LogP contribution in [0.5, 0.6) is 0 Å². The first kappa shape index (κ1) is 5.98. The van der Waals surface area contributed by atoms with Crippen LogP contribution in [0.25, 0.3) is 0 Å². The van der Waals surface area contributed by atoms with Gasteiger partial charge in [-0.3, -0.25) is 10.1 Å². The van der Waals surface area contributed by atoms with E-state index in [1.54, 1.807) is 6.92 Å². The lowest BCUT2D eigenvalue weighted by molar-refractivity contribution is -0.109. The van der Waals surface area contributed by atoms with E-state index in [1.807, 2.05) is 5.49 Å². The summed E-state index contributed by atoms with van der Waals surface area (Å²) >= 11 is 0. The van der Waals surface area contributed by atoms with Crippen LogP contribution in [0.15, 0.2) is 0 Å². The fourth-order valence-electron chi connectivity index (χ4n) is 0.614. The maximum atomic E-state index is 10.6. The molecule has 1 aliphatic rings. The molecule has 2 nitrogen and oxygen atoms in total. The fraction of sp³-hybridized carbons (Fsp3) is 0.600. The molecule has 0 spiro atoms. The number of carbonyl (C=O) groups excluding carboxylic acids is 1. The molecule has 0 fully saturated rings. The normalized spacial score (nSPS) is 27.4. The molecular formula is C5H9NOS. The molecule has 0 saturated carbocycles. The Bertz CT molecular complexity index is 141. The van der Waals surface area contributed by atoms with Gasteiger partial charge in [-0.25, -0.2) is 0 Å². The summed E-state index contributed by atoms with van der Waals surface area (Å²) in [5.41, 5.74) is 1.91. The Morgan fingerprint density at radius 3 is 2.88 bits per heavy atom. The SMILES string of the molecule is CC(=O)S1=CNCC1. The van der Waals surface area contributed by atoms with Gasteiger partial charge in [0.25, 0.3) is 0 Å². The van der Waals surface area contributed by atoms with Gasteiger partial charge < -0.3 is 0 Å². The van der Waals surface area contributed by atoms with Crippen LogP contribution in [-0.4, -0.2) is 22.9 Å². The topological polar surface area (TPSA) is 29.1 Å². The van der Waals surface area contributed by atoms with Gasteiger partial charge in [-0.05, 0) is 0 Å². The summed E-state index contributed by atoms with van der Waals surface area (Å²) < 4.78 is 0. The van der Waals surface area contributed by atoms with E-state index in [4.69, 9.17) is 0 Å². The van der Waals surface area contributed by atoms with Gasteiger partial charge in [-0.15, -0.1) is 10.5 Å². The van der Waals surface area contributed by atoms with Crippen LogP contribution in [0.1, 0.15) is 6.92 Å². The van der Waals surface area contributed by atoms with Crippen LogP contribution >= 0.6 is 10.5 Å². The molecule has 0 bridgehead atoms. The van der Waals surface area contributed by atoms with Crippen molar-refractivity contribution in [3.63, 3.8) is 0 Å². The smallest absolute Gasteiger partial charge is 0.181 e. The zero-order valence-electron chi connectivity index (χ0n) is 4.81. The van der Waals surface area contributed by atoms with Crippen LogP contribution in [0, 0.1) is 0 Å². The molecule has 0 aromatic carbocycles. The maximum Gasteiger partial charge on any atom is 0.181 e. The van der Waals surface area contributed by atoms with E-state index >= 15 is 0 Å². The van der Waals surface area contributed by atoms with E-state index in [1.165, 1.54) is 0 Å². The van der Waals surface area contributed by atoms with Gasteiger partial charge in [0.2, 0.25) is 0 Å². The van der Waals surface area contributed by atoms with Crippen LogP contribution in [0.4, 0.5) is 0 Å². The second-order valence-electron chi connectivity index (χ2n) is 1.70. The molecule has 0 aliphatic carbocycles. The number of carbonyl (C=O) groups is 1. The van der Waals surface area contributed by atoms with Gasteiger partial charge in [0.15, 0.2) is 5.12 Å². The molecule has 0 amide bonds. The summed E-state index contributed by atoms with van der Waals surface area (Å²) in [6, 6.07) is 0. The Balaban J connectivity index is 2.57.